The summed E-state index contributed by atoms with van der Waals surface area (Å²) >= 11 is 3.34. The second-order valence-corrected chi connectivity index (χ2v) is 14.7. The van der Waals surface area contributed by atoms with Gasteiger partial charge in [0.15, 0.2) is 5.78 Å². The number of hydrogen-bond acceptors (Lipinski definition) is 11. The number of amides is 2. The third-order valence-electron chi connectivity index (χ3n) is 8.61. The monoisotopic (exact) mass is 737 g/mol. The number of allylic oxidation sites excluding steroid dienone is 1. The summed E-state index contributed by atoms with van der Waals surface area (Å²) in [5.74, 6) is -0.411. The van der Waals surface area contributed by atoms with E-state index >= 15 is 0 Å². The number of Topliss-reactive ketones (excluding diaryl/α,β-unsaturated/α-hetero) is 1. The number of ketones is 1. The summed E-state index contributed by atoms with van der Waals surface area (Å²) in [6.45, 7) is 8.22. The molecule has 0 radical (unpaired) electrons. The maximum atomic E-state index is 14.0. The SMILES string of the molecule is C=CCc1ccc(Br)nc1NC(=O)[C@@H]1C[C@@]2(COS(C)(=O)=O)C[C@H]2N1C(=O)CNc1c(C)cc(-c2cnc(C)nc2)cc1C(=N)C(C)=O. The van der Waals surface area contributed by atoms with Gasteiger partial charge in [0.2, 0.25) is 11.8 Å². The van der Waals surface area contributed by atoms with Crippen LogP contribution in [0.5, 0.6) is 0 Å². The number of carbonyl (C=O) groups is 3. The van der Waals surface area contributed by atoms with E-state index in [1.807, 2.05) is 12.1 Å². The van der Waals surface area contributed by atoms with Gasteiger partial charge in [-0.05, 0) is 83.9 Å². The van der Waals surface area contributed by atoms with Gasteiger partial charge in [0.05, 0.1) is 19.4 Å². The van der Waals surface area contributed by atoms with Crippen LogP contribution in [-0.2, 0) is 35.1 Å². The molecule has 0 bridgehead atoms. The Morgan fingerprint density at radius 2 is 1.88 bits per heavy atom. The predicted molar refractivity (Wildman–Crippen MR) is 184 cm³/mol. The van der Waals surface area contributed by atoms with Crippen LogP contribution in [0.2, 0.25) is 0 Å². The number of fused-ring (bicyclic) bond motifs is 1. The van der Waals surface area contributed by atoms with Crippen LogP contribution >= 0.6 is 15.9 Å². The molecule has 3 atom stereocenters. The van der Waals surface area contributed by atoms with Crippen molar-refractivity contribution < 1.29 is 27.0 Å². The van der Waals surface area contributed by atoms with Gasteiger partial charge in [0.1, 0.15) is 28.0 Å². The summed E-state index contributed by atoms with van der Waals surface area (Å²) in [6, 6.07) is 5.74. The molecule has 48 heavy (non-hydrogen) atoms. The normalized spacial score (nSPS) is 19.7. The van der Waals surface area contributed by atoms with Gasteiger partial charge in [-0.3, -0.25) is 24.0 Å². The summed E-state index contributed by atoms with van der Waals surface area (Å²) in [7, 11) is -3.76. The summed E-state index contributed by atoms with van der Waals surface area (Å²) in [6.07, 6.45) is 7.09. The van der Waals surface area contributed by atoms with Crippen LogP contribution in [-0.4, -0.2) is 83.1 Å². The van der Waals surface area contributed by atoms with Crippen molar-refractivity contribution in [2.75, 3.05) is 30.0 Å². The summed E-state index contributed by atoms with van der Waals surface area (Å²) < 4.78 is 29.4. The number of aryl methyl sites for hydroxylation is 2. The Morgan fingerprint density at radius 3 is 2.52 bits per heavy atom. The summed E-state index contributed by atoms with van der Waals surface area (Å²) in [5.41, 5.74) is 2.60. The smallest absolute Gasteiger partial charge is 0.264 e. The Bertz CT molecular complexity index is 1930. The first-order valence-corrected chi connectivity index (χ1v) is 17.7. The minimum atomic E-state index is -3.76. The highest BCUT2D eigenvalue weighted by Gasteiger charge is 2.67. The second-order valence-electron chi connectivity index (χ2n) is 12.2. The Balaban J connectivity index is 1.43. The Morgan fingerprint density at radius 1 is 1.17 bits per heavy atom. The Labute approximate surface area is 287 Å². The van der Waals surface area contributed by atoms with Gasteiger partial charge in [0.25, 0.3) is 10.1 Å². The van der Waals surface area contributed by atoms with Crippen molar-refractivity contribution in [2.24, 2.45) is 5.41 Å². The molecular weight excluding hydrogens is 702 g/mol. The zero-order valence-electron chi connectivity index (χ0n) is 27.0. The lowest BCUT2D eigenvalue weighted by atomic mass is 9.95. The number of aromatic nitrogens is 3. The van der Waals surface area contributed by atoms with E-state index in [9.17, 15) is 22.8 Å². The number of nitrogens with one attached hydrogen (secondary N) is 3. The number of rotatable bonds is 13. The van der Waals surface area contributed by atoms with E-state index in [1.54, 1.807) is 44.4 Å². The van der Waals surface area contributed by atoms with Crippen LogP contribution in [0.15, 0.2) is 53.9 Å². The maximum absolute atomic E-state index is 14.0. The van der Waals surface area contributed by atoms with Gasteiger partial charge in [-0.25, -0.2) is 15.0 Å². The molecule has 5 rings (SSSR count). The lowest BCUT2D eigenvalue weighted by Gasteiger charge is -2.27. The third kappa shape index (κ3) is 7.53. The molecule has 2 fully saturated rings. The molecule has 1 aliphatic heterocycles. The van der Waals surface area contributed by atoms with Crippen LogP contribution in [0.3, 0.4) is 0 Å². The van der Waals surface area contributed by atoms with Crippen molar-refractivity contribution in [1.29, 1.82) is 5.41 Å². The zero-order valence-corrected chi connectivity index (χ0v) is 29.4. The fourth-order valence-corrected chi connectivity index (χ4v) is 6.87. The van der Waals surface area contributed by atoms with Crippen molar-refractivity contribution in [3.8, 4) is 11.1 Å². The van der Waals surface area contributed by atoms with Gasteiger partial charge >= 0.3 is 0 Å². The van der Waals surface area contributed by atoms with E-state index in [0.29, 0.717) is 57.0 Å². The van der Waals surface area contributed by atoms with E-state index in [0.717, 1.165) is 11.8 Å². The predicted octanol–water partition coefficient (Wildman–Crippen LogP) is 3.99. The van der Waals surface area contributed by atoms with Crippen LogP contribution in [0.4, 0.5) is 11.5 Å². The number of benzene rings is 1. The molecule has 2 aromatic heterocycles. The third-order valence-corrected chi connectivity index (χ3v) is 9.60. The second kappa shape index (κ2) is 13.6. The van der Waals surface area contributed by atoms with E-state index in [2.05, 4.69) is 48.1 Å². The number of carbonyl (C=O) groups excluding carboxylic acids is 3. The Hall–Kier alpha value is -4.34. The number of likely N-dealkylation sites (tertiary alicyclic amines) is 1. The van der Waals surface area contributed by atoms with E-state index in [1.165, 1.54) is 11.8 Å². The highest BCUT2D eigenvalue weighted by molar-refractivity contribution is 9.10. The van der Waals surface area contributed by atoms with Crippen molar-refractivity contribution in [1.82, 2.24) is 19.9 Å². The van der Waals surface area contributed by atoms with Crippen molar-refractivity contribution in [3.05, 3.63) is 76.4 Å². The standard InChI is InChI=1S/C33H36BrN7O6S/c1-6-7-21-8-9-27(34)39-31(21)40-32(44)25-12-33(17-47-48(5,45)46)13-26(33)41(25)28(43)16-38-30-18(2)10-22(11-24(30)29(35)19(3)42)23-14-36-20(4)37-15-23/h6,8-11,14-15,25-26,35,38H,1,7,12-13,16-17H2,2-5H3,(H,39,40,44)/t25-,26+,33-/m0/s1. The van der Waals surface area contributed by atoms with Gasteiger partial charge < -0.3 is 15.5 Å². The molecular formula is C33H36BrN7O6S. The molecule has 1 aliphatic carbocycles. The number of hydrogen-bond donors (Lipinski definition) is 3. The maximum Gasteiger partial charge on any atom is 0.264 e. The minimum absolute atomic E-state index is 0.155. The summed E-state index contributed by atoms with van der Waals surface area (Å²) in [5, 5.41) is 14.5. The van der Waals surface area contributed by atoms with E-state index < -0.39 is 45.2 Å². The molecule has 1 aromatic carbocycles. The molecule has 15 heteroatoms. The first-order chi connectivity index (χ1) is 22.6. The number of piperidine rings is 1. The largest absolute Gasteiger partial charge is 0.375 e. The lowest BCUT2D eigenvalue weighted by molar-refractivity contribution is -0.136. The number of nitrogens with zero attached hydrogens (tertiary/aromatic N) is 4. The molecule has 3 aromatic rings. The average Bonchev–Trinajstić information content (AvgIpc) is 3.63. The molecule has 1 saturated heterocycles. The minimum Gasteiger partial charge on any atom is -0.375 e. The first kappa shape index (κ1) is 35.0. The quantitative estimate of drug-likeness (QED) is 0.100. The fraction of sp³-hybridized carbons (Fsp3) is 0.364. The lowest BCUT2D eigenvalue weighted by Crippen LogP contribution is -2.47. The molecule has 0 spiro atoms. The van der Waals surface area contributed by atoms with Crippen LogP contribution in [0, 0.1) is 24.7 Å². The molecule has 2 aliphatic rings. The van der Waals surface area contributed by atoms with Gasteiger partial charge in [-0.1, -0.05) is 12.1 Å². The van der Waals surface area contributed by atoms with Gasteiger partial charge in [-0.15, -0.1) is 6.58 Å². The number of pyridine rings is 1. The molecule has 13 nitrogen and oxygen atoms in total. The van der Waals surface area contributed by atoms with Crippen molar-refractivity contribution in [2.45, 2.75) is 52.1 Å². The van der Waals surface area contributed by atoms with Crippen molar-refractivity contribution >= 4 is 60.9 Å². The topological polar surface area (TPSA) is 184 Å². The summed E-state index contributed by atoms with van der Waals surface area (Å²) in [4.78, 5) is 54.5. The van der Waals surface area contributed by atoms with Gasteiger partial charge in [0, 0.05) is 47.6 Å². The zero-order chi connectivity index (χ0) is 35.0. The van der Waals surface area contributed by atoms with E-state index in [-0.39, 0.29) is 25.3 Å². The average molecular weight is 739 g/mol. The molecule has 252 valence electrons. The van der Waals surface area contributed by atoms with E-state index in [4.69, 9.17) is 9.59 Å². The number of anilines is 2. The Kier molecular flexibility index (Phi) is 9.94. The highest BCUT2D eigenvalue weighted by atomic mass is 79.9. The molecule has 0 unspecified atom stereocenters. The van der Waals surface area contributed by atoms with Crippen LogP contribution < -0.4 is 10.6 Å². The van der Waals surface area contributed by atoms with Gasteiger partial charge in [-0.2, -0.15) is 8.42 Å². The molecule has 1 saturated carbocycles. The molecule has 3 N–H and O–H groups in total. The molecule has 2 amide bonds. The fourth-order valence-electron chi connectivity index (χ4n) is 6.11. The number of halogens is 1. The van der Waals surface area contributed by atoms with Crippen LogP contribution in [0.25, 0.3) is 11.1 Å². The van der Waals surface area contributed by atoms with Crippen molar-refractivity contribution in [3.63, 3.8) is 0 Å². The highest BCUT2D eigenvalue weighted by Crippen LogP contribution is 2.60. The molecule has 3 heterocycles. The van der Waals surface area contributed by atoms with Crippen LogP contribution in [0.1, 0.15) is 42.3 Å². The first-order valence-electron chi connectivity index (χ1n) is 15.1.